The standard InChI is InChI=1S/C20H22F3N3O2/c1-25-15-11-26(12-7-3-2-4-8-12)18(27)16(15)17(24-19(25)28)13-9-5-6-10-14(13)20(21,22)23/h5-6,9-10,12,17H,2-4,7-8,11H2,1H3,(H,24,28). The summed E-state index contributed by atoms with van der Waals surface area (Å²) in [5.74, 6) is -0.268. The molecule has 150 valence electrons. The van der Waals surface area contributed by atoms with Gasteiger partial charge in [-0.15, -0.1) is 0 Å². The maximum Gasteiger partial charge on any atom is 0.416 e. The van der Waals surface area contributed by atoms with Gasteiger partial charge in [-0.05, 0) is 24.5 Å². The number of hydrogen-bond acceptors (Lipinski definition) is 2. The fourth-order valence-corrected chi connectivity index (χ4v) is 4.52. The molecule has 1 aromatic rings. The zero-order valence-corrected chi connectivity index (χ0v) is 15.6. The van der Waals surface area contributed by atoms with E-state index in [9.17, 15) is 22.8 Å². The molecule has 1 saturated carbocycles. The Morgan fingerprint density at radius 1 is 1.07 bits per heavy atom. The fraction of sp³-hybridized carbons (Fsp3) is 0.500. The van der Waals surface area contributed by atoms with E-state index in [0.29, 0.717) is 5.70 Å². The van der Waals surface area contributed by atoms with E-state index in [-0.39, 0.29) is 29.6 Å². The molecule has 8 heteroatoms. The van der Waals surface area contributed by atoms with Gasteiger partial charge in [0.05, 0.1) is 29.4 Å². The Balaban J connectivity index is 1.76. The Hall–Kier alpha value is -2.51. The summed E-state index contributed by atoms with van der Waals surface area (Å²) >= 11 is 0. The average molecular weight is 393 g/mol. The van der Waals surface area contributed by atoms with E-state index in [1.807, 2.05) is 0 Å². The van der Waals surface area contributed by atoms with Crippen molar-refractivity contribution >= 4 is 11.9 Å². The summed E-state index contributed by atoms with van der Waals surface area (Å²) in [4.78, 5) is 28.8. The highest BCUT2D eigenvalue weighted by Crippen LogP contribution is 2.42. The Labute approximate surface area is 161 Å². The summed E-state index contributed by atoms with van der Waals surface area (Å²) in [5, 5.41) is 2.60. The van der Waals surface area contributed by atoms with Gasteiger partial charge in [0.25, 0.3) is 5.91 Å². The molecule has 1 aliphatic carbocycles. The summed E-state index contributed by atoms with van der Waals surface area (Å²) in [6.07, 6.45) is 0.407. The molecule has 2 heterocycles. The highest BCUT2D eigenvalue weighted by molar-refractivity contribution is 6.01. The van der Waals surface area contributed by atoms with E-state index in [0.717, 1.165) is 38.2 Å². The minimum atomic E-state index is -4.57. The van der Waals surface area contributed by atoms with Gasteiger partial charge < -0.3 is 10.2 Å². The van der Waals surface area contributed by atoms with Crippen molar-refractivity contribution in [3.8, 4) is 0 Å². The van der Waals surface area contributed by atoms with Crippen molar-refractivity contribution in [2.24, 2.45) is 0 Å². The van der Waals surface area contributed by atoms with Crippen molar-refractivity contribution in [2.75, 3.05) is 13.6 Å². The molecule has 1 aromatic carbocycles. The molecule has 0 saturated heterocycles. The SMILES string of the molecule is CN1C(=O)NC(c2ccccc2C(F)(F)F)C2=C1CN(C1CCCCC1)C2=O. The van der Waals surface area contributed by atoms with Crippen LogP contribution in [0.25, 0.3) is 0 Å². The zero-order valence-electron chi connectivity index (χ0n) is 15.6. The Bertz CT molecular complexity index is 843. The van der Waals surface area contributed by atoms with E-state index >= 15 is 0 Å². The number of likely N-dealkylation sites (N-methyl/N-ethyl adjacent to an activating group) is 1. The monoisotopic (exact) mass is 393 g/mol. The molecule has 1 fully saturated rings. The van der Waals surface area contributed by atoms with E-state index in [1.54, 1.807) is 11.9 Å². The van der Waals surface area contributed by atoms with Gasteiger partial charge in [0.15, 0.2) is 0 Å². The van der Waals surface area contributed by atoms with Gasteiger partial charge in [-0.3, -0.25) is 9.69 Å². The Morgan fingerprint density at radius 2 is 1.75 bits per heavy atom. The van der Waals surface area contributed by atoms with Crippen molar-refractivity contribution < 1.29 is 22.8 Å². The molecular weight excluding hydrogens is 371 g/mol. The molecule has 0 spiro atoms. The van der Waals surface area contributed by atoms with Crippen LogP contribution >= 0.6 is 0 Å². The number of alkyl halides is 3. The van der Waals surface area contributed by atoms with E-state index < -0.39 is 23.8 Å². The third kappa shape index (κ3) is 3.04. The lowest BCUT2D eigenvalue weighted by Gasteiger charge is -2.32. The number of carbonyl (C=O) groups excluding carboxylic acids is 2. The van der Waals surface area contributed by atoms with Gasteiger partial charge in [0.2, 0.25) is 0 Å². The fourth-order valence-electron chi connectivity index (χ4n) is 4.52. The second kappa shape index (κ2) is 6.83. The smallest absolute Gasteiger partial charge is 0.330 e. The van der Waals surface area contributed by atoms with Gasteiger partial charge >= 0.3 is 12.2 Å². The lowest BCUT2D eigenvalue weighted by Crippen LogP contribution is -2.45. The molecule has 1 N–H and O–H groups in total. The van der Waals surface area contributed by atoms with Crippen LogP contribution in [0.4, 0.5) is 18.0 Å². The molecule has 0 radical (unpaired) electrons. The summed E-state index contributed by atoms with van der Waals surface area (Å²) in [6.45, 7) is 0.271. The number of urea groups is 1. The second-order valence-electron chi connectivity index (χ2n) is 7.61. The molecule has 28 heavy (non-hydrogen) atoms. The maximum absolute atomic E-state index is 13.6. The minimum Gasteiger partial charge on any atom is -0.330 e. The predicted octanol–water partition coefficient (Wildman–Crippen LogP) is 3.83. The predicted molar refractivity (Wildman–Crippen MR) is 96.1 cm³/mol. The van der Waals surface area contributed by atoms with Gasteiger partial charge in [-0.25, -0.2) is 4.79 Å². The topological polar surface area (TPSA) is 52.7 Å². The van der Waals surface area contributed by atoms with Gasteiger partial charge in [0.1, 0.15) is 0 Å². The zero-order chi connectivity index (χ0) is 20.1. The van der Waals surface area contributed by atoms with Crippen LogP contribution in [0.3, 0.4) is 0 Å². The molecule has 3 amide bonds. The van der Waals surface area contributed by atoms with Crippen molar-refractivity contribution in [1.82, 2.24) is 15.1 Å². The molecule has 1 unspecified atom stereocenters. The van der Waals surface area contributed by atoms with Crippen molar-refractivity contribution in [3.05, 3.63) is 46.7 Å². The minimum absolute atomic E-state index is 0.0776. The highest BCUT2D eigenvalue weighted by atomic mass is 19.4. The first-order valence-corrected chi connectivity index (χ1v) is 9.53. The number of carbonyl (C=O) groups is 2. The summed E-state index contributed by atoms with van der Waals surface area (Å²) in [5.41, 5.74) is -0.172. The number of hydrogen-bond donors (Lipinski definition) is 1. The number of halogens is 3. The normalized spacial score (nSPS) is 23.9. The molecule has 5 nitrogen and oxygen atoms in total. The van der Waals surface area contributed by atoms with Gasteiger partial charge in [0, 0.05) is 13.1 Å². The third-order valence-corrected chi connectivity index (χ3v) is 5.98. The van der Waals surface area contributed by atoms with Gasteiger partial charge in [-0.2, -0.15) is 13.2 Å². The van der Waals surface area contributed by atoms with Crippen LogP contribution < -0.4 is 5.32 Å². The Morgan fingerprint density at radius 3 is 2.43 bits per heavy atom. The van der Waals surface area contributed by atoms with Crippen molar-refractivity contribution in [3.63, 3.8) is 0 Å². The first-order valence-electron chi connectivity index (χ1n) is 9.53. The summed E-state index contributed by atoms with van der Waals surface area (Å²) in [6, 6.07) is 3.60. The van der Waals surface area contributed by atoms with Crippen LogP contribution in [0.2, 0.25) is 0 Å². The molecule has 4 rings (SSSR count). The number of nitrogens with zero attached hydrogens (tertiary/aromatic N) is 2. The van der Waals surface area contributed by atoms with Crippen molar-refractivity contribution in [1.29, 1.82) is 0 Å². The molecule has 0 bridgehead atoms. The quantitative estimate of drug-likeness (QED) is 0.830. The number of amides is 3. The largest absolute Gasteiger partial charge is 0.416 e. The van der Waals surface area contributed by atoms with E-state index in [2.05, 4.69) is 5.32 Å². The van der Waals surface area contributed by atoms with Crippen molar-refractivity contribution in [2.45, 2.75) is 50.4 Å². The lowest BCUT2D eigenvalue weighted by atomic mass is 9.91. The summed E-state index contributed by atoms with van der Waals surface area (Å²) in [7, 11) is 1.55. The van der Waals surface area contributed by atoms with Crippen LogP contribution in [-0.2, 0) is 11.0 Å². The second-order valence-corrected chi connectivity index (χ2v) is 7.61. The number of nitrogens with one attached hydrogen (secondary N) is 1. The molecular formula is C20H22F3N3O2. The lowest BCUT2D eigenvalue weighted by molar-refractivity contribution is -0.138. The third-order valence-electron chi connectivity index (χ3n) is 5.98. The van der Waals surface area contributed by atoms with Crippen LogP contribution in [-0.4, -0.2) is 41.4 Å². The first-order chi connectivity index (χ1) is 13.3. The van der Waals surface area contributed by atoms with E-state index in [4.69, 9.17) is 0 Å². The van der Waals surface area contributed by atoms with Crippen LogP contribution in [0.1, 0.15) is 49.3 Å². The number of benzene rings is 1. The first kappa shape index (κ1) is 18.8. The molecule has 3 aliphatic rings. The van der Waals surface area contributed by atoms with Crippen LogP contribution in [0.15, 0.2) is 35.5 Å². The molecule has 2 aliphatic heterocycles. The van der Waals surface area contributed by atoms with Crippen LogP contribution in [0, 0.1) is 0 Å². The molecule has 1 atom stereocenters. The van der Waals surface area contributed by atoms with Crippen LogP contribution in [0.5, 0.6) is 0 Å². The average Bonchev–Trinajstić information content (AvgIpc) is 3.02. The summed E-state index contributed by atoms with van der Waals surface area (Å²) < 4.78 is 40.7. The molecule has 0 aromatic heterocycles. The maximum atomic E-state index is 13.6. The van der Waals surface area contributed by atoms with E-state index in [1.165, 1.54) is 23.1 Å². The highest BCUT2D eigenvalue weighted by Gasteiger charge is 2.47. The Kier molecular flexibility index (Phi) is 4.59. The van der Waals surface area contributed by atoms with Gasteiger partial charge in [-0.1, -0.05) is 37.5 Å². The number of rotatable bonds is 2.